The molecule has 3 heteroatoms. The molecule has 102 valence electrons. The van der Waals surface area contributed by atoms with Gasteiger partial charge in [0.2, 0.25) is 0 Å². The van der Waals surface area contributed by atoms with Gasteiger partial charge in [-0.2, -0.15) is 5.26 Å². The zero-order valence-electron chi connectivity index (χ0n) is 11.7. The van der Waals surface area contributed by atoms with Gasteiger partial charge in [0.05, 0.1) is 11.6 Å². The first-order valence-corrected chi connectivity index (χ1v) is 6.75. The average molecular weight is 274 g/mol. The van der Waals surface area contributed by atoms with Crippen LogP contribution in [0.15, 0.2) is 48.7 Å². The molecule has 2 aromatic carbocycles. The van der Waals surface area contributed by atoms with Gasteiger partial charge in [0.15, 0.2) is 0 Å². The Morgan fingerprint density at radius 1 is 1.19 bits per heavy atom. The van der Waals surface area contributed by atoms with E-state index in [2.05, 4.69) is 10.6 Å². The Morgan fingerprint density at radius 2 is 2.05 bits per heavy atom. The van der Waals surface area contributed by atoms with Crippen molar-refractivity contribution in [2.45, 2.75) is 13.5 Å². The largest absolute Gasteiger partial charge is 0.343 e. The van der Waals surface area contributed by atoms with Crippen LogP contribution in [0.1, 0.15) is 27.0 Å². The van der Waals surface area contributed by atoms with Gasteiger partial charge in [-0.3, -0.25) is 4.79 Å². The summed E-state index contributed by atoms with van der Waals surface area (Å²) in [4.78, 5) is 10.8. The van der Waals surface area contributed by atoms with Gasteiger partial charge in [-0.15, -0.1) is 0 Å². The molecular weight excluding hydrogens is 260 g/mol. The molecule has 3 rings (SSSR count). The van der Waals surface area contributed by atoms with Crippen molar-refractivity contribution >= 4 is 17.2 Å². The molecule has 0 saturated heterocycles. The fourth-order valence-electron chi connectivity index (χ4n) is 2.56. The summed E-state index contributed by atoms with van der Waals surface area (Å²) in [6.45, 7) is 2.77. The molecule has 1 aromatic heterocycles. The van der Waals surface area contributed by atoms with E-state index in [1.165, 1.54) is 5.56 Å². The molecule has 0 aliphatic carbocycles. The first kappa shape index (κ1) is 13.1. The SMILES string of the molecule is Cc1cc(C#N)ccc1Cn1ccc2cc(C=O)ccc21. The van der Waals surface area contributed by atoms with Crippen LogP contribution in [0.4, 0.5) is 0 Å². The van der Waals surface area contributed by atoms with E-state index < -0.39 is 0 Å². The third-order valence-electron chi connectivity index (χ3n) is 3.74. The van der Waals surface area contributed by atoms with Crippen LogP contribution in [0.3, 0.4) is 0 Å². The van der Waals surface area contributed by atoms with Crippen molar-refractivity contribution in [1.82, 2.24) is 4.57 Å². The number of rotatable bonds is 3. The Labute approximate surface area is 123 Å². The lowest BCUT2D eigenvalue weighted by molar-refractivity contribution is 0.112. The highest BCUT2D eigenvalue weighted by Crippen LogP contribution is 2.20. The van der Waals surface area contributed by atoms with E-state index in [4.69, 9.17) is 5.26 Å². The molecule has 0 unspecified atom stereocenters. The molecule has 0 aliphatic heterocycles. The summed E-state index contributed by atoms with van der Waals surface area (Å²) in [5, 5.41) is 9.98. The number of nitrogens with zero attached hydrogens (tertiary/aromatic N) is 2. The fraction of sp³-hybridized carbons (Fsp3) is 0.111. The predicted octanol–water partition coefficient (Wildman–Crippen LogP) is 3.68. The van der Waals surface area contributed by atoms with Crippen molar-refractivity contribution in [3.05, 3.63) is 70.9 Å². The third-order valence-corrected chi connectivity index (χ3v) is 3.74. The first-order valence-electron chi connectivity index (χ1n) is 6.75. The van der Waals surface area contributed by atoms with E-state index in [0.717, 1.165) is 29.3 Å². The Balaban J connectivity index is 1.99. The molecular formula is C18H14N2O. The van der Waals surface area contributed by atoms with Gasteiger partial charge in [0, 0.05) is 29.2 Å². The summed E-state index contributed by atoms with van der Waals surface area (Å²) in [6.07, 6.45) is 2.89. The Bertz CT molecular complexity index is 869. The number of hydrogen-bond donors (Lipinski definition) is 0. The van der Waals surface area contributed by atoms with Crippen molar-refractivity contribution in [3.63, 3.8) is 0 Å². The second-order valence-corrected chi connectivity index (χ2v) is 5.13. The maximum atomic E-state index is 10.8. The van der Waals surface area contributed by atoms with Gasteiger partial charge in [0.1, 0.15) is 6.29 Å². The average Bonchev–Trinajstić information content (AvgIpc) is 2.91. The molecule has 21 heavy (non-hydrogen) atoms. The molecule has 0 bridgehead atoms. The smallest absolute Gasteiger partial charge is 0.150 e. The van der Waals surface area contributed by atoms with E-state index in [0.29, 0.717) is 11.1 Å². The topological polar surface area (TPSA) is 45.8 Å². The van der Waals surface area contributed by atoms with E-state index in [1.54, 1.807) is 0 Å². The third kappa shape index (κ3) is 2.44. The first-order chi connectivity index (χ1) is 10.2. The molecule has 1 heterocycles. The van der Waals surface area contributed by atoms with Crippen LogP contribution in [0.2, 0.25) is 0 Å². The van der Waals surface area contributed by atoms with E-state index in [9.17, 15) is 4.79 Å². The van der Waals surface area contributed by atoms with Gasteiger partial charge in [-0.05, 0) is 54.4 Å². The Morgan fingerprint density at radius 3 is 2.76 bits per heavy atom. The number of fused-ring (bicyclic) bond motifs is 1. The molecule has 0 aliphatic rings. The minimum Gasteiger partial charge on any atom is -0.343 e. The summed E-state index contributed by atoms with van der Waals surface area (Å²) in [7, 11) is 0. The van der Waals surface area contributed by atoms with Crippen LogP contribution in [-0.4, -0.2) is 10.9 Å². The highest BCUT2D eigenvalue weighted by molar-refractivity contribution is 5.87. The van der Waals surface area contributed by atoms with Crippen LogP contribution in [0.5, 0.6) is 0 Å². The van der Waals surface area contributed by atoms with Gasteiger partial charge in [-0.25, -0.2) is 0 Å². The quantitative estimate of drug-likeness (QED) is 0.684. The number of aldehydes is 1. The molecule has 0 spiro atoms. The minimum atomic E-state index is 0.684. The number of aromatic nitrogens is 1. The van der Waals surface area contributed by atoms with E-state index in [-0.39, 0.29) is 0 Å². The summed E-state index contributed by atoms with van der Waals surface area (Å²) in [5.74, 6) is 0. The summed E-state index contributed by atoms with van der Waals surface area (Å²) >= 11 is 0. The molecule has 0 saturated carbocycles. The van der Waals surface area contributed by atoms with Gasteiger partial charge in [-0.1, -0.05) is 6.07 Å². The van der Waals surface area contributed by atoms with Crippen molar-refractivity contribution in [3.8, 4) is 6.07 Å². The van der Waals surface area contributed by atoms with Gasteiger partial charge < -0.3 is 4.57 Å². The lowest BCUT2D eigenvalue weighted by Gasteiger charge is -2.09. The monoisotopic (exact) mass is 274 g/mol. The maximum absolute atomic E-state index is 10.8. The van der Waals surface area contributed by atoms with E-state index >= 15 is 0 Å². The number of benzene rings is 2. The predicted molar refractivity (Wildman–Crippen MR) is 82.3 cm³/mol. The summed E-state index contributed by atoms with van der Waals surface area (Å²) in [5.41, 5.74) is 4.77. The zero-order valence-corrected chi connectivity index (χ0v) is 11.7. The Hall–Kier alpha value is -2.86. The normalized spacial score (nSPS) is 10.5. The molecule has 0 N–H and O–H groups in total. The molecule has 3 aromatic rings. The van der Waals surface area contributed by atoms with Gasteiger partial charge in [0.25, 0.3) is 0 Å². The zero-order chi connectivity index (χ0) is 14.8. The van der Waals surface area contributed by atoms with Crippen molar-refractivity contribution in [1.29, 1.82) is 5.26 Å². The lowest BCUT2D eigenvalue weighted by Crippen LogP contribution is -2.00. The van der Waals surface area contributed by atoms with Crippen LogP contribution < -0.4 is 0 Å². The number of hydrogen-bond acceptors (Lipinski definition) is 2. The van der Waals surface area contributed by atoms with Crippen molar-refractivity contribution in [2.24, 2.45) is 0 Å². The molecule has 3 nitrogen and oxygen atoms in total. The summed E-state index contributed by atoms with van der Waals surface area (Å²) < 4.78 is 2.15. The van der Waals surface area contributed by atoms with Crippen LogP contribution in [-0.2, 0) is 6.54 Å². The number of nitriles is 1. The molecule has 0 radical (unpaired) electrons. The van der Waals surface area contributed by atoms with Crippen molar-refractivity contribution in [2.75, 3.05) is 0 Å². The maximum Gasteiger partial charge on any atom is 0.150 e. The minimum absolute atomic E-state index is 0.684. The van der Waals surface area contributed by atoms with Crippen LogP contribution >= 0.6 is 0 Å². The number of carbonyl (C=O) groups excluding carboxylic acids is 1. The molecule has 0 atom stereocenters. The standard InChI is InChI=1S/C18H14N2O/c1-13-8-14(10-19)2-4-17(13)11-20-7-6-16-9-15(12-21)3-5-18(16)20/h2-9,12H,11H2,1H3. The summed E-state index contributed by atoms with van der Waals surface area (Å²) in [6, 6.07) is 15.6. The van der Waals surface area contributed by atoms with Crippen LogP contribution in [0, 0.1) is 18.3 Å². The highest BCUT2D eigenvalue weighted by atomic mass is 16.1. The molecule has 0 amide bonds. The van der Waals surface area contributed by atoms with Gasteiger partial charge >= 0.3 is 0 Å². The Kier molecular flexibility index (Phi) is 3.29. The van der Waals surface area contributed by atoms with Crippen molar-refractivity contribution < 1.29 is 4.79 Å². The number of aryl methyl sites for hydroxylation is 1. The number of carbonyl (C=O) groups is 1. The second kappa shape index (κ2) is 5.26. The van der Waals surface area contributed by atoms with Crippen LogP contribution in [0.25, 0.3) is 10.9 Å². The van der Waals surface area contributed by atoms with E-state index in [1.807, 2.05) is 55.6 Å². The highest BCUT2D eigenvalue weighted by Gasteiger charge is 2.05. The fourth-order valence-corrected chi connectivity index (χ4v) is 2.56. The molecule has 0 fully saturated rings. The lowest BCUT2D eigenvalue weighted by atomic mass is 10.1. The second-order valence-electron chi connectivity index (χ2n) is 5.13.